The van der Waals surface area contributed by atoms with Crippen LogP contribution in [0.25, 0.3) is 0 Å². The molecule has 0 spiro atoms. The number of sulfonamides is 1. The van der Waals surface area contributed by atoms with Crippen LogP contribution >= 0.6 is 11.6 Å². The molecular weight excluding hydrogens is 398 g/mol. The van der Waals surface area contributed by atoms with Crippen LogP contribution in [0.1, 0.15) is 13.8 Å². The molecular formula is C16H22ClN3O6S. The molecule has 0 bridgehead atoms. The van der Waals surface area contributed by atoms with E-state index >= 15 is 0 Å². The highest BCUT2D eigenvalue weighted by Gasteiger charge is 2.27. The molecule has 9 nitrogen and oxygen atoms in total. The van der Waals surface area contributed by atoms with Crippen LogP contribution in [0.3, 0.4) is 0 Å². The van der Waals surface area contributed by atoms with E-state index in [4.69, 9.17) is 21.1 Å². The van der Waals surface area contributed by atoms with Gasteiger partial charge in [-0.2, -0.15) is 4.31 Å². The molecule has 0 aliphatic carbocycles. The Morgan fingerprint density at radius 1 is 1.33 bits per heavy atom. The summed E-state index contributed by atoms with van der Waals surface area (Å²) in [5.74, 6) is -0.516. The molecule has 1 unspecified atom stereocenters. The fourth-order valence-corrected chi connectivity index (χ4v) is 4.06. The van der Waals surface area contributed by atoms with Gasteiger partial charge in [0.25, 0.3) is 5.91 Å². The molecule has 1 heterocycles. The van der Waals surface area contributed by atoms with Gasteiger partial charge in [-0.05, 0) is 32.0 Å². The van der Waals surface area contributed by atoms with Gasteiger partial charge in [-0.3, -0.25) is 10.1 Å². The summed E-state index contributed by atoms with van der Waals surface area (Å²) in [4.78, 5) is 23.3. The number of urea groups is 1. The lowest BCUT2D eigenvalue weighted by atomic mass is 10.3. The van der Waals surface area contributed by atoms with E-state index in [1.54, 1.807) is 6.92 Å². The SMILES string of the molecule is CCNC(=O)NC(=O)C(C)Oc1ccc(S(=O)(=O)N2CCOCC2)cc1Cl. The van der Waals surface area contributed by atoms with Gasteiger partial charge in [0.2, 0.25) is 10.0 Å². The van der Waals surface area contributed by atoms with Crippen molar-refractivity contribution in [3.8, 4) is 5.75 Å². The van der Waals surface area contributed by atoms with E-state index < -0.39 is 28.1 Å². The Morgan fingerprint density at radius 3 is 2.59 bits per heavy atom. The second-order valence-corrected chi connectivity index (χ2v) is 8.06. The second kappa shape index (κ2) is 9.36. The molecule has 11 heteroatoms. The largest absolute Gasteiger partial charge is 0.479 e. The summed E-state index contributed by atoms with van der Waals surface area (Å²) in [6, 6.07) is 3.39. The number of hydrogen-bond donors (Lipinski definition) is 2. The summed E-state index contributed by atoms with van der Waals surface area (Å²) in [7, 11) is -3.69. The van der Waals surface area contributed by atoms with Gasteiger partial charge in [0.15, 0.2) is 6.10 Å². The van der Waals surface area contributed by atoms with Crippen LogP contribution in [0.5, 0.6) is 5.75 Å². The Morgan fingerprint density at radius 2 is 2.00 bits per heavy atom. The van der Waals surface area contributed by atoms with Crippen LogP contribution in [-0.4, -0.2) is 63.6 Å². The van der Waals surface area contributed by atoms with Gasteiger partial charge in [-0.25, -0.2) is 13.2 Å². The summed E-state index contributed by atoms with van der Waals surface area (Å²) in [5, 5.41) is 4.60. The lowest BCUT2D eigenvalue weighted by Gasteiger charge is -2.26. The normalized spacial score (nSPS) is 16.4. The molecule has 0 saturated carbocycles. The van der Waals surface area contributed by atoms with Crippen LogP contribution < -0.4 is 15.4 Å². The standard InChI is InChI=1S/C16H22ClN3O6S/c1-3-18-16(22)19-15(21)11(2)26-14-5-4-12(10-13(14)17)27(23,24)20-6-8-25-9-7-20/h4-5,10-11H,3,6-9H2,1-2H3,(H2,18,19,21,22). The van der Waals surface area contributed by atoms with Crippen molar-refractivity contribution in [3.63, 3.8) is 0 Å². The second-order valence-electron chi connectivity index (χ2n) is 5.72. The number of rotatable bonds is 6. The molecule has 1 aliphatic heterocycles. The Kier molecular flexibility index (Phi) is 7.42. The van der Waals surface area contributed by atoms with E-state index in [1.807, 2.05) is 0 Å². The smallest absolute Gasteiger partial charge is 0.321 e. The van der Waals surface area contributed by atoms with Crippen molar-refractivity contribution in [2.24, 2.45) is 0 Å². The quantitative estimate of drug-likeness (QED) is 0.710. The Bertz CT molecular complexity index is 795. The number of amides is 3. The number of carbonyl (C=O) groups excluding carboxylic acids is 2. The molecule has 1 aliphatic rings. The monoisotopic (exact) mass is 419 g/mol. The highest BCUT2D eigenvalue weighted by molar-refractivity contribution is 7.89. The molecule has 1 fully saturated rings. The van der Waals surface area contributed by atoms with Crippen molar-refractivity contribution >= 4 is 33.6 Å². The van der Waals surface area contributed by atoms with Gasteiger partial charge in [-0.15, -0.1) is 0 Å². The fourth-order valence-electron chi connectivity index (χ4n) is 2.34. The first-order chi connectivity index (χ1) is 12.8. The first-order valence-electron chi connectivity index (χ1n) is 8.38. The summed E-state index contributed by atoms with van der Waals surface area (Å²) in [5.41, 5.74) is 0. The molecule has 0 radical (unpaired) electrons. The number of carbonyl (C=O) groups is 2. The van der Waals surface area contributed by atoms with E-state index in [2.05, 4.69) is 10.6 Å². The topological polar surface area (TPSA) is 114 Å². The number of imide groups is 1. The molecule has 150 valence electrons. The zero-order chi connectivity index (χ0) is 20.0. The molecule has 2 rings (SSSR count). The van der Waals surface area contributed by atoms with Gasteiger partial charge >= 0.3 is 6.03 Å². The summed E-state index contributed by atoms with van der Waals surface area (Å²) >= 11 is 6.13. The molecule has 27 heavy (non-hydrogen) atoms. The first kappa shape index (κ1) is 21.4. The minimum absolute atomic E-state index is 0.0289. The minimum Gasteiger partial charge on any atom is -0.479 e. The van der Waals surface area contributed by atoms with Crippen molar-refractivity contribution in [2.45, 2.75) is 24.8 Å². The van der Waals surface area contributed by atoms with Gasteiger partial charge in [-0.1, -0.05) is 11.6 Å². The zero-order valence-corrected chi connectivity index (χ0v) is 16.6. The molecule has 2 N–H and O–H groups in total. The van der Waals surface area contributed by atoms with E-state index in [-0.39, 0.29) is 28.8 Å². The number of benzene rings is 1. The number of ether oxygens (including phenoxy) is 2. The van der Waals surface area contributed by atoms with Crippen molar-refractivity contribution in [3.05, 3.63) is 23.2 Å². The van der Waals surface area contributed by atoms with Crippen molar-refractivity contribution in [2.75, 3.05) is 32.8 Å². The summed E-state index contributed by atoms with van der Waals surface area (Å²) in [6.45, 7) is 4.77. The molecule has 0 aromatic heterocycles. The van der Waals surface area contributed by atoms with Gasteiger partial charge in [0.1, 0.15) is 5.75 Å². The number of halogens is 1. The lowest BCUT2D eigenvalue weighted by Crippen LogP contribution is -2.45. The van der Waals surface area contributed by atoms with Crippen molar-refractivity contribution in [1.82, 2.24) is 14.9 Å². The van der Waals surface area contributed by atoms with Crippen LogP contribution in [-0.2, 0) is 19.6 Å². The van der Waals surface area contributed by atoms with Crippen molar-refractivity contribution in [1.29, 1.82) is 0 Å². The molecule has 1 aromatic carbocycles. The van der Waals surface area contributed by atoms with Gasteiger partial charge in [0, 0.05) is 19.6 Å². The molecule has 3 amide bonds. The van der Waals surface area contributed by atoms with Crippen LogP contribution in [0.4, 0.5) is 4.79 Å². The number of nitrogens with zero attached hydrogens (tertiary/aromatic N) is 1. The van der Waals surface area contributed by atoms with Crippen LogP contribution in [0.15, 0.2) is 23.1 Å². The van der Waals surface area contributed by atoms with Crippen LogP contribution in [0, 0.1) is 0 Å². The maximum atomic E-state index is 12.6. The Labute approximate surface area is 163 Å². The van der Waals surface area contributed by atoms with E-state index in [9.17, 15) is 18.0 Å². The first-order valence-corrected chi connectivity index (χ1v) is 10.2. The Hall–Kier alpha value is -1.88. The predicted molar refractivity (Wildman–Crippen MR) is 98.3 cm³/mol. The minimum atomic E-state index is -3.69. The summed E-state index contributed by atoms with van der Waals surface area (Å²) < 4.78 is 37.2. The molecule has 1 saturated heterocycles. The summed E-state index contributed by atoms with van der Waals surface area (Å²) in [6.07, 6.45) is -1.01. The average molecular weight is 420 g/mol. The van der Waals surface area contributed by atoms with Crippen molar-refractivity contribution < 1.29 is 27.5 Å². The maximum absolute atomic E-state index is 12.6. The third-order valence-corrected chi connectivity index (χ3v) is 5.95. The van der Waals surface area contributed by atoms with E-state index in [0.717, 1.165) is 0 Å². The number of hydrogen-bond acceptors (Lipinski definition) is 6. The third kappa shape index (κ3) is 5.55. The maximum Gasteiger partial charge on any atom is 0.321 e. The zero-order valence-electron chi connectivity index (χ0n) is 15.0. The van der Waals surface area contributed by atoms with E-state index in [1.165, 1.54) is 29.4 Å². The molecule has 1 aromatic rings. The van der Waals surface area contributed by atoms with E-state index in [0.29, 0.717) is 19.8 Å². The van der Waals surface area contributed by atoms with Crippen LogP contribution in [0.2, 0.25) is 5.02 Å². The highest BCUT2D eigenvalue weighted by Crippen LogP contribution is 2.29. The van der Waals surface area contributed by atoms with Gasteiger partial charge in [0.05, 0.1) is 23.1 Å². The number of morpholine rings is 1. The Balaban J connectivity index is 2.07. The molecule has 1 atom stereocenters. The highest BCUT2D eigenvalue weighted by atomic mass is 35.5. The van der Waals surface area contributed by atoms with Gasteiger partial charge < -0.3 is 14.8 Å². The average Bonchev–Trinajstić information content (AvgIpc) is 2.64. The predicted octanol–water partition coefficient (Wildman–Crippen LogP) is 0.974. The third-order valence-electron chi connectivity index (χ3n) is 3.76. The lowest BCUT2D eigenvalue weighted by molar-refractivity contribution is -0.126. The fraction of sp³-hybridized carbons (Fsp3) is 0.500. The number of nitrogens with one attached hydrogen (secondary N) is 2.